The molecular weight excluding hydrogens is 444 g/mol. The van der Waals surface area contributed by atoms with Gasteiger partial charge in [-0.2, -0.15) is 8.42 Å². The Hall–Kier alpha value is 1.09. The van der Waals surface area contributed by atoms with Gasteiger partial charge in [-0.15, -0.1) is 0 Å². The van der Waals surface area contributed by atoms with Crippen molar-refractivity contribution in [1.82, 2.24) is 0 Å². The Bertz CT molecular complexity index is 130. The van der Waals surface area contributed by atoms with E-state index in [2.05, 4.69) is 0 Å². The van der Waals surface area contributed by atoms with Crippen molar-refractivity contribution in [3.05, 3.63) is 0 Å². The molecule has 12 heteroatoms. The zero-order valence-electron chi connectivity index (χ0n) is 5.34. The van der Waals surface area contributed by atoms with Gasteiger partial charge in [-0.05, 0) is 0 Å². The van der Waals surface area contributed by atoms with Crippen LogP contribution in [0.3, 0.4) is 0 Å². The molecule has 0 amide bonds. The van der Waals surface area contributed by atoms with Crippen LogP contribution in [-0.4, -0.2) is 44.8 Å². The molecule has 0 heterocycles. The van der Waals surface area contributed by atoms with Crippen LogP contribution in [0.4, 0.5) is 0 Å². The van der Waals surface area contributed by atoms with Crippen LogP contribution in [0, 0.1) is 0 Å². The maximum Gasteiger partial charge on any atom is 0.394 e. The second-order valence-corrected chi connectivity index (χ2v) is 1.34. The van der Waals surface area contributed by atoms with Crippen LogP contribution in [0.5, 0.6) is 0 Å². The van der Waals surface area contributed by atoms with E-state index in [1.807, 2.05) is 0 Å². The maximum atomic E-state index is 8.74. The molecule has 0 aromatic carbocycles. The fourth-order valence-corrected chi connectivity index (χ4v) is 0. The number of rotatable bonds is 0. The van der Waals surface area contributed by atoms with Crippen LogP contribution in [-0.2, 0) is 24.1 Å². The summed E-state index contributed by atoms with van der Waals surface area (Å²) in [7, 11) is 0.500. The van der Waals surface area contributed by atoms with Crippen molar-refractivity contribution in [2.24, 2.45) is 0 Å². The Balaban J connectivity index is -0.0000000203. The van der Waals surface area contributed by atoms with Gasteiger partial charge in [0.05, 0.1) is 0 Å². The minimum atomic E-state index is -4.67. The Morgan fingerprint density at radius 2 is 0.750 bits per heavy atom. The molecule has 0 aromatic rings. The fourth-order valence-electron chi connectivity index (χ4n) is 0. The molecule has 12 heavy (non-hydrogen) atoms. The van der Waals surface area contributed by atoms with E-state index in [-0.39, 0.29) is 27.3 Å². The van der Waals surface area contributed by atoms with Gasteiger partial charge in [0.2, 0.25) is 0 Å². The van der Waals surface area contributed by atoms with E-state index in [9.17, 15) is 0 Å². The second-order valence-electron chi connectivity index (χ2n) is 0.448. The quantitative estimate of drug-likeness (QED) is 0.311. The molecule has 0 unspecified atom stereocenters. The van der Waals surface area contributed by atoms with Crippen LogP contribution in [0.25, 0.3) is 0 Å². The van der Waals surface area contributed by atoms with E-state index in [0.717, 1.165) is 0 Å². The van der Waals surface area contributed by atoms with Crippen molar-refractivity contribution < 1.29 is 31.2 Å². The zero-order chi connectivity index (χ0) is 10.5. The molecule has 72 valence electrons. The molecule has 7 nitrogen and oxygen atoms in total. The van der Waals surface area contributed by atoms with Gasteiger partial charge in [0, 0.05) is 27.3 Å². The topological polar surface area (TPSA) is 126 Å². The van der Waals surface area contributed by atoms with Gasteiger partial charge in [-0.3, -0.25) is 22.8 Å². The molecule has 4 radical (unpaired) electrons. The first kappa shape index (κ1) is 29.2. The van der Waals surface area contributed by atoms with Crippen molar-refractivity contribution >= 4 is 65.1 Å². The van der Waals surface area contributed by atoms with Crippen molar-refractivity contribution in [1.29, 1.82) is 0 Å². The summed E-state index contributed by atoms with van der Waals surface area (Å²) in [6.07, 6.45) is 0. The van der Waals surface area contributed by atoms with Crippen LogP contribution >= 0.6 is 27.4 Å². The molecule has 0 aromatic heterocycles. The summed E-state index contributed by atoms with van der Waals surface area (Å²) in [4.78, 5) is 0. The minimum Gasteiger partial charge on any atom is -0.279 e. The molecule has 0 aliphatic rings. The molecule has 0 spiro atoms. The normalized spacial score (nSPS) is 5.83. The van der Waals surface area contributed by atoms with Gasteiger partial charge in [0.25, 0.3) is 0 Å². The molecule has 0 atom stereocenters. The van der Waals surface area contributed by atoms with Crippen LogP contribution in [0.2, 0.25) is 0 Å². The Morgan fingerprint density at radius 3 is 0.750 bits per heavy atom. The van der Waals surface area contributed by atoms with Gasteiger partial charge < -0.3 is 0 Å². The summed E-state index contributed by atoms with van der Waals surface area (Å²) >= 11 is 0. The first-order valence-corrected chi connectivity index (χ1v) is 3.93. The molecule has 0 aliphatic carbocycles. The fraction of sp³-hybridized carbons (Fsp3) is 0. The monoisotopic (exact) mass is 450 g/mol. The van der Waals surface area contributed by atoms with E-state index in [1.165, 1.54) is 0 Å². The smallest absolute Gasteiger partial charge is 0.279 e. The van der Waals surface area contributed by atoms with Crippen molar-refractivity contribution in [3.8, 4) is 0 Å². The summed E-state index contributed by atoms with van der Waals surface area (Å²) in [5.74, 6) is 0. The summed E-state index contributed by atoms with van der Waals surface area (Å²) < 4.78 is 55.8. The van der Waals surface area contributed by atoms with Gasteiger partial charge >= 0.3 is 10.4 Å². The van der Waals surface area contributed by atoms with E-state index in [4.69, 9.17) is 31.2 Å². The third kappa shape index (κ3) is 947. The van der Waals surface area contributed by atoms with Crippen LogP contribution < -0.4 is 0 Å². The van der Waals surface area contributed by atoms with E-state index < -0.39 is 10.4 Å². The van der Waals surface area contributed by atoms with Crippen molar-refractivity contribution in [3.63, 3.8) is 0 Å². The van der Waals surface area contributed by atoms with Crippen molar-refractivity contribution in [2.45, 2.75) is 0 Å². The van der Waals surface area contributed by atoms with Gasteiger partial charge in [-0.25, -0.2) is 0 Å². The Kier molecular flexibility index (Phi) is 72.1. The maximum absolute atomic E-state index is 8.74. The SMILES string of the molecule is O=P.O=P.O=P.O=S(=O)(O)O.[Pb]. The second kappa shape index (κ2) is 29.6. The predicted octanol–water partition coefficient (Wildman–Crippen LogP) is 0.391. The summed E-state index contributed by atoms with van der Waals surface area (Å²) in [6.45, 7) is 0. The third-order valence-corrected chi connectivity index (χ3v) is 0. The molecule has 0 rings (SSSR count). The molecule has 0 bridgehead atoms. The molecule has 0 saturated heterocycles. The number of hydrogen-bond donors (Lipinski definition) is 2. The van der Waals surface area contributed by atoms with Crippen LogP contribution in [0.1, 0.15) is 0 Å². The summed E-state index contributed by atoms with van der Waals surface area (Å²) in [6, 6.07) is 0. The zero-order valence-corrected chi connectivity index (χ0v) is 13.0. The van der Waals surface area contributed by atoms with E-state index in [1.54, 1.807) is 27.4 Å². The summed E-state index contributed by atoms with van der Waals surface area (Å²) in [5.41, 5.74) is 0. The molecule has 0 aliphatic heterocycles. The summed E-state index contributed by atoms with van der Waals surface area (Å²) in [5, 5.41) is 0. The van der Waals surface area contributed by atoms with E-state index >= 15 is 0 Å². The van der Waals surface area contributed by atoms with Crippen molar-refractivity contribution in [2.75, 3.05) is 0 Å². The van der Waals surface area contributed by atoms with Crippen LogP contribution in [0.15, 0.2) is 0 Å². The molecular formula is H5O7P3PbS. The molecule has 0 fully saturated rings. The first-order chi connectivity index (χ1) is 5.00. The predicted molar refractivity (Wildman–Crippen MR) is 46.9 cm³/mol. The number of hydrogen-bond acceptors (Lipinski definition) is 5. The standard InChI is InChI=1S/H2O4S.3HOP.Pb/c1-5(2,3)4;3*1-2;/h(H2,1,2,3,4);3*2H;. The minimum absolute atomic E-state index is 0. The van der Waals surface area contributed by atoms with Gasteiger partial charge in [0.1, 0.15) is 27.4 Å². The average Bonchev–Trinajstić information content (AvgIpc) is 1.96. The molecule has 2 N–H and O–H groups in total. The Labute approximate surface area is 95.9 Å². The molecule has 0 saturated carbocycles. The first-order valence-electron chi connectivity index (χ1n) is 1.31. The van der Waals surface area contributed by atoms with E-state index in [0.29, 0.717) is 0 Å². The van der Waals surface area contributed by atoms with Gasteiger partial charge in [0.15, 0.2) is 0 Å². The Morgan fingerprint density at radius 1 is 0.750 bits per heavy atom. The van der Waals surface area contributed by atoms with Gasteiger partial charge in [-0.1, -0.05) is 0 Å². The third-order valence-electron chi connectivity index (χ3n) is 0. The largest absolute Gasteiger partial charge is 0.394 e. The average molecular weight is 449 g/mol.